The van der Waals surface area contributed by atoms with Gasteiger partial charge in [0, 0.05) is 24.6 Å². The Bertz CT molecular complexity index is 550. The van der Waals surface area contributed by atoms with E-state index in [2.05, 4.69) is 29.3 Å². The van der Waals surface area contributed by atoms with Gasteiger partial charge in [0.25, 0.3) is 0 Å². The first-order valence-electron chi connectivity index (χ1n) is 7.92. The molecule has 23 heavy (non-hydrogen) atoms. The van der Waals surface area contributed by atoms with Crippen molar-refractivity contribution in [3.8, 4) is 11.8 Å². The van der Waals surface area contributed by atoms with Crippen LogP contribution in [0.25, 0.3) is 0 Å². The van der Waals surface area contributed by atoms with Gasteiger partial charge in [-0.3, -0.25) is 0 Å². The summed E-state index contributed by atoms with van der Waals surface area (Å²) in [7, 11) is 1.67. The Morgan fingerprint density at radius 3 is 2.74 bits per heavy atom. The second-order valence-electron chi connectivity index (χ2n) is 6.36. The number of amides is 1. The molecule has 0 aromatic heterocycles. The lowest BCUT2D eigenvalue weighted by molar-refractivity contribution is 0.136. The summed E-state index contributed by atoms with van der Waals surface area (Å²) in [6.07, 6.45) is 2.02. The van der Waals surface area contributed by atoms with Crippen molar-refractivity contribution in [3.63, 3.8) is 0 Å². The third-order valence-corrected chi connectivity index (χ3v) is 2.91. The van der Waals surface area contributed by atoms with E-state index in [4.69, 9.17) is 9.47 Å². The van der Waals surface area contributed by atoms with Crippen molar-refractivity contribution in [2.75, 3.05) is 20.3 Å². The Morgan fingerprint density at radius 2 is 2.04 bits per heavy atom. The highest BCUT2D eigenvalue weighted by atomic mass is 16.5. The van der Waals surface area contributed by atoms with Crippen LogP contribution < -0.4 is 5.32 Å². The number of hydrogen-bond acceptors (Lipinski definition) is 3. The van der Waals surface area contributed by atoms with Gasteiger partial charge in [-0.05, 0) is 51.3 Å². The molecule has 0 aliphatic rings. The van der Waals surface area contributed by atoms with Gasteiger partial charge in [-0.1, -0.05) is 24.0 Å². The minimum absolute atomic E-state index is 0.271. The summed E-state index contributed by atoms with van der Waals surface area (Å²) in [6, 6.07) is 8.14. The number of alkyl carbamates (subject to hydrolysis) is 1. The van der Waals surface area contributed by atoms with E-state index in [9.17, 15) is 4.79 Å². The Kier molecular flexibility index (Phi) is 8.21. The van der Waals surface area contributed by atoms with Gasteiger partial charge in [0.1, 0.15) is 0 Å². The standard InChI is InChI=1S/C19H27NO3/c1-19(2,3)20-18(21)23-14-8-12-17-11-7-10-16(15-17)9-5-6-13-22-4/h7,10-11,15H,6,8,12-14H2,1-4H3,(H,20,21). The molecule has 1 rings (SSSR count). The number of carbonyl (C=O) groups is 1. The van der Waals surface area contributed by atoms with Crippen molar-refractivity contribution in [3.05, 3.63) is 35.4 Å². The van der Waals surface area contributed by atoms with Crippen LogP contribution in [0.3, 0.4) is 0 Å². The van der Waals surface area contributed by atoms with Crippen LogP contribution in [0.5, 0.6) is 0 Å². The molecule has 126 valence electrons. The number of hydrogen-bond donors (Lipinski definition) is 1. The predicted molar refractivity (Wildman–Crippen MR) is 92.4 cm³/mol. The molecule has 0 aliphatic heterocycles. The minimum Gasteiger partial charge on any atom is -0.450 e. The zero-order valence-electron chi connectivity index (χ0n) is 14.6. The van der Waals surface area contributed by atoms with E-state index in [0.29, 0.717) is 13.2 Å². The first-order chi connectivity index (χ1) is 10.9. The molecular weight excluding hydrogens is 290 g/mol. The summed E-state index contributed by atoms with van der Waals surface area (Å²) in [5, 5.41) is 2.77. The lowest BCUT2D eigenvalue weighted by Crippen LogP contribution is -2.41. The maximum absolute atomic E-state index is 11.5. The van der Waals surface area contributed by atoms with E-state index in [1.165, 1.54) is 5.56 Å². The normalized spacial score (nSPS) is 10.6. The summed E-state index contributed by atoms with van der Waals surface area (Å²) < 4.78 is 10.1. The zero-order valence-corrected chi connectivity index (χ0v) is 14.6. The summed E-state index contributed by atoms with van der Waals surface area (Å²) in [5.41, 5.74) is 1.93. The maximum atomic E-state index is 11.5. The first kappa shape index (κ1) is 19.1. The van der Waals surface area contributed by atoms with Gasteiger partial charge in [0.05, 0.1) is 13.2 Å². The average molecular weight is 317 g/mol. The number of aryl methyl sites for hydroxylation is 1. The van der Waals surface area contributed by atoms with Gasteiger partial charge in [-0.15, -0.1) is 0 Å². The Hall–Kier alpha value is -1.99. The van der Waals surface area contributed by atoms with Crippen molar-refractivity contribution < 1.29 is 14.3 Å². The molecule has 0 radical (unpaired) electrons. The fourth-order valence-electron chi connectivity index (χ4n) is 1.91. The van der Waals surface area contributed by atoms with Crippen molar-refractivity contribution in [1.29, 1.82) is 0 Å². The number of benzene rings is 1. The number of ether oxygens (including phenoxy) is 2. The molecule has 0 spiro atoms. The lowest BCUT2D eigenvalue weighted by atomic mass is 10.1. The third kappa shape index (κ3) is 9.59. The molecule has 0 saturated carbocycles. The highest BCUT2D eigenvalue weighted by molar-refractivity contribution is 5.68. The Balaban J connectivity index is 2.35. The summed E-state index contributed by atoms with van der Waals surface area (Å²) >= 11 is 0. The van der Waals surface area contributed by atoms with E-state index in [1.54, 1.807) is 7.11 Å². The fourth-order valence-corrected chi connectivity index (χ4v) is 1.91. The van der Waals surface area contributed by atoms with Crippen LogP contribution in [0.1, 0.15) is 44.7 Å². The zero-order chi connectivity index (χ0) is 17.1. The smallest absolute Gasteiger partial charge is 0.407 e. The number of methoxy groups -OCH3 is 1. The molecule has 0 heterocycles. The van der Waals surface area contributed by atoms with E-state index in [-0.39, 0.29) is 11.6 Å². The van der Waals surface area contributed by atoms with E-state index in [1.807, 2.05) is 32.9 Å². The van der Waals surface area contributed by atoms with Crippen LogP contribution in [-0.4, -0.2) is 32.0 Å². The summed E-state index contributed by atoms with van der Waals surface area (Å²) in [5.74, 6) is 6.21. The SMILES string of the molecule is COCCC#Cc1cccc(CCCOC(=O)NC(C)(C)C)c1. The fraction of sp³-hybridized carbons (Fsp3) is 0.526. The van der Waals surface area contributed by atoms with Crippen LogP contribution >= 0.6 is 0 Å². The number of nitrogens with one attached hydrogen (secondary N) is 1. The Morgan fingerprint density at radius 1 is 1.26 bits per heavy atom. The molecule has 1 aromatic carbocycles. The molecule has 0 aliphatic carbocycles. The molecule has 0 fully saturated rings. The molecule has 0 saturated heterocycles. The van der Waals surface area contributed by atoms with Crippen LogP contribution in [0.15, 0.2) is 24.3 Å². The van der Waals surface area contributed by atoms with Gasteiger partial charge in [0.2, 0.25) is 0 Å². The van der Waals surface area contributed by atoms with Gasteiger partial charge in [-0.2, -0.15) is 0 Å². The van der Waals surface area contributed by atoms with Gasteiger partial charge < -0.3 is 14.8 Å². The first-order valence-corrected chi connectivity index (χ1v) is 7.92. The molecule has 1 aromatic rings. The van der Waals surface area contributed by atoms with E-state index < -0.39 is 0 Å². The number of rotatable bonds is 6. The molecule has 4 nitrogen and oxygen atoms in total. The summed E-state index contributed by atoms with van der Waals surface area (Å²) in [4.78, 5) is 11.5. The second-order valence-corrected chi connectivity index (χ2v) is 6.36. The van der Waals surface area contributed by atoms with Crippen LogP contribution in [0, 0.1) is 11.8 Å². The monoisotopic (exact) mass is 317 g/mol. The van der Waals surface area contributed by atoms with Crippen molar-refractivity contribution in [2.24, 2.45) is 0 Å². The quantitative estimate of drug-likeness (QED) is 0.645. The van der Waals surface area contributed by atoms with Crippen molar-refractivity contribution in [1.82, 2.24) is 5.32 Å². The molecule has 1 amide bonds. The van der Waals surface area contributed by atoms with Gasteiger partial charge in [-0.25, -0.2) is 4.79 Å². The predicted octanol–water partition coefficient (Wildman–Crippen LogP) is 3.53. The van der Waals surface area contributed by atoms with E-state index in [0.717, 1.165) is 24.8 Å². The highest BCUT2D eigenvalue weighted by Gasteiger charge is 2.14. The average Bonchev–Trinajstić information content (AvgIpc) is 2.47. The summed E-state index contributed by atoms with van der Waals surface area (Å²) in [6.45, 7) is 6.83. The lowest BCUT2D eigenvalue weighted by Gasteiger charge is -2.19. The molecule has 0 bridgehead atoms. The largest absolute Gasteiger partial charge is 0.450 e. The molecule has 0 unspecified atom stereocenters. The third-order valence-electron chi connectivity index (χ3n) is 2.91. The van der Waals surface area contributed by atoms with Crippen LogP contribution in [0.2, 0.25) is 0 Å². The Labute approximate surface area is 139 Å². The van der Waals surface area contributed by atoms with E-state index >= 15 is 0 Å². The molecule has 0 atom stereocenters. The number of carbonyl (C=O) groups excluding carboxylic acids is 1. The van der Waals surface area contributed by atoms with Gasteiger partial charge >= 0.3 is 6.09 Å². The second kappa shape index (κ2) is 9.91. The van der Waals surface area contributed by atoms with Crippen LogP contribution in [0.4, 0.5) is 4.79 Å². The minimum atomic E-state index is -0.365. The highest BCUT2D eigenvalue weighted by Crippen LogP contribution is 2.07. The van der Waals surface area contributed by atoms with Crippen molar-refractivity contribution >= 4 is 6.09 Å². The maximum Gasteiger partial charge on any atom is 0.407 e. The molecule has 1 N–H and O–H groups in total. The van der Waals surface area contributed by atoms with Crippen molar-refractivity contribution in [2.45, 2.75) is 45.6 Å². The van der Waals surface area contributed by atoms with Gasteiger partial charge in [0.15, 0.2) is 0 Å². The molecular formula is C19H27NO3. The molecule has 4 heteroatoms. The topological polar surface area (TPSA) is 47.6 Å². The van der Waals surface area contributed by atoms with Crippen LogP contribution in [-0.2, 0) is 15.9 Å².